The van der Waals surface area contributed by atoms with Crippen molar-refractivity contribution >= 4 is 34.0 Å². The van der Waals surface area contributed by atoms with Gasteiger partial charge >= 0.3 is 0 Å². The Balaban J connectivity index is 1.82. The zero-order valence-electron chi connectivity index (χ0n) is 12.0. The highest BCUT2D eigenvalue weighted by atomic mass is 35.5. The number of thiazole rings is 1. The molecule has 0 aliphatic carbocycles. The lowest BCUT2D eigenvalue weighted by Crippen LogP contribution is -2.23. The van der Waals surface area contributed by atoms with Gasteiger partial charge in [0.25, 0.3) is 5.56 Å². The first kappa shape index (κ1) is 14.2. The van der Waals surface area contributed by atoms with E-state index in [1.54, 1.807) is 18.2 Å². The zero-order valence-corrected chi connectivity index (χ0v) is 13.6. The standard InChI is InChI=1S/C16H10ClN3O2S/c1-9-2-7-12(22-9)8-13-15(21)20-16(23-13)18-14(19-20)10-3-5-11(17)6-4-10/h2-8H,1H3. The van der Waals surface area contributed by atoms with E-state index in [-0.39, 0.29) is 5.56 Å². The van der Waals surface area contributed by atoms with Crippen molar-refractivity contribution in [1.82, 2.24) is 14.6 Å². The van der Waals surface area contributed by atoms with Crippen LogP contribution in [0.4, 0.5) is 0 Å². The normalized spacial score (nSPS) is 12.3. The smallest absolute Gasteiger partial charge is 0.291 e. The number of nitrogens with zero attached hydrogens (tertiary/aromatic N) is 3. The third-order valence-corrected chi connectivity index (χ3v) is 4.53. The third-order valence-electron chi connectivity index (χ3n) is 3.32. The van der Waals surface area contributed by atoms with Crippen molar-refractivity contribution in [2.75, 3.05) is 0 Å². The van der Waals surface area contributed by atoms with Crippen LogP contribution < -0.4 is 10.1 Å². The van der Waals surface area contributed by atoms with E-state index in [4.69, 9.17) is 16.0 Å². The van der Waals surface area contributed by atoms with Crippen LogP contribution in [-0.2, 0) is 0 Å². The third kappa shape index (κ3) is 2.56. The summed E-state index contributed by atoms with van der Waals surface area (Å²) in [5.74, 6) is 1.95. The number of benzene rings is 1. The Morgan fingerprint density at radius 2 is 2.00 bits per heavy atom. The fourth-order valence-corrected chi connectivity index (χ4v) is 3.23. The number of aryl methyl sites for hydroxylation is 1. The average Bonchev–Trinajstić information content (AvgIpc) is 3.19. The molecule has 5 nitrogen and oxygen atoms in total. The number of halogens is 1. The summed E-state index contributed by atoms with van der Waals surface area (Å²) in [6, 6.07) is 10.9. The second kappa shape index (κ2) is 5.33. The van der Waals surface area contributed by atoms with Crippen LogP contribution >= 0.6 is 22.9 Å². The van der Waals surface area contributed by atoms with Crippen LogP contribution in [0.15, 0.2) is 45.6 Å². The summed E-state index contributed by atoms with van der Waals surface area (Å²) in [5.41, 5.74) is 0.614. The molecular weight excluding hydrogens is 334 g/mol. The quantitative estimate of drug-likeness (QED) is 0.561. The zero-order chi connectivity index (χ0) is 16.0. The Labute approximate surface area is 139 Å². The molecule has 0 fully saturated rings. The molecule has 0 bridgehead atoms. The molecule has 0 atom stereocenters. The molecule has 0 saturated heterocycles. The molecule has 3 aromatic heterocycles. The van der Waals surface area contributed by atoms with E-state index in [9.17, 15) is 4.79 Å². The Kier molecular flexibility index (Phi) is 3.28. The SMILES string of the molecule is Cc1ccc(C=c2sc3nc(-c4ccc(Cl)cc4)nn3c2=O)o1. The van der Waals surface area contributed by atoms with Crippen LogP contribution in [0.1, 0.15) is 11.5 Å². The molecule has 3 heterocycles. The molecule has 0 amide bonds. The summed E-state index contributed by atoms with van der Waals surface area (Å²) >= 11 is 7.16. The number of hydrogen-bond donors (Lipinski definition) is 0. The highest BCUT2D eigenvalue weighted by Gasteiger charge is 2.12. The highest BCUT2D eigenvalue weighted by Crippen LogP contribution is 2.19. The summed E-state index contributed by atoms with van der Waals surface area (Å²) in [4.78, 5) is 17.4. The van der Waals surface area contributed by atoms with Crippen molar-refractivity contribution in [3.63, 3.8) is 0 Å². The van der Waals surface area contributed by atoms with Gasteiger partial charge in [-0.25, -0.2) is 0 Å². The van der Waals surface area contributed by atoms with Gasteiger partial charge in [0.05, 0.1) is 0 Å². The maximum atomic E-state index is 12.4. The highest BCUT2D eigenvalue weighted by molar-refractivity contribution is 7.15. The number of rotatable bonds is 2. The first-order chi connectivity index (χ1) is 11.1. The second-order valence-electron chi connectivity index (χ2n) is 5.00. The minimum absolute atomic E-state index is 0.202. The van der Waals surface area contributed by atoms with Crippen molar-refractivity contribution in [3.8, 4) is 11.4 Å². The topological polar surface area (TPSA) is 60.4 Å². The van der Waals surface area contributed by atoms with Crippen molar-refractivity contribution in [1.29, 1.82) is 0 Å². The van der Waals surface area contributed by atoms with Gasteiger partial charge < -0.3 is 4.42 Å². The summed E-state index contributed by atoms with van der Waals surface area (Å²) in [6.45, 7) is 1.86. The van der Waals surface area contributed by atoms with E-state index in [2.05, 4.69) is 10.1 Å². The first-order valence-electron chi connectivity index (χ1n) is 6.84. The molecule has 0 N–H and O–H groups in total. The van der Waals surface area contributed by atoms with Crippen molar-refractivity contribution in [3.05, 3.63) is 67.8 Å². The molecule has 0 aliphatic rings. The lowest BCUT2D eigenvalue weighted by Gasteiger charge is -1.93. The van der Waals surface area contributed by atoms with E-state index >= 15 is 0 Å². The molecule has 0 saturated carbocycles. The predicted octanol–water partition coefficient (Wildman–Crippen LogP) is 2.92. The lowest BCUT2D eigenvalue weighted by molar-refractivity contribution is 0.525. The van der Waals surface area contributed by atoms with E-state index in [0.717, 1.165) is 11.3 Å². The molecule has 7 heteroatoms. The summed E-state index contributed by atoms with van der Waals surface area (Å²) < 4.78 is 7.32. The van der Waals surface area contributed by atoms with Gasteiger partial charge in [-0.05, 0) is 43.3 Å². The molecule has 0 radical (unpaired) electrons. The van der Waals surface area contributed by atoms with Crippen molar-refractivity contribution in [2.24, 2.45) is 0 Å². The van der Waals surface area contributed by atoms with Crippen LogP contribution in [0.5, 0.6) is 0 Å². The Morgan fingerprint density at radius 3 is 2.65 bits per heavy atom. The van der Waals surface area contributed by atoms with Crippen LogP contribution in [0.3, 0.4) is 0 Å². The van der Waals surface area contributed by atoms with Gasteiger partial charge in [0, 0.05) is 16.7 Å². The monoisotopic (exact) mass is 343 g/mol. The van der Waals surface area contributed by atoms with E-state index in [1.165, 1.54) is 15.9 Å². The molecule has 23 heavy (non-hydrogen) atoms. The number of hydrogen-bond acceptors (Lipinski definition) is 5. The predicted molar refractivity (Wildman–Crippen MR) is 89.8 cm³/mol. The Hall–Kier alpha value is -2.44. The van der Waals surface area contributed by atoms with Gasteiger partial charge in [0.15, 0.2) is 5.82 Å². The molecule has 114 valence electrons. The van der Waals surface area contributed by atoms with E-state index in [0.29, 0.717) is 26.1 Å². The van der Waals surface area contributed by atoms with E-state index in [1.807, 2.05) is 31.2 Å². The Bertz CT molecular complexity index is 1110. The number of aromatic nitrogens is 3. The van der Waals surface area contributed by atoms with Crippen molar-refractivity contribution < 1.29 is 4.42 Å². The maximum absolute atomic E-state index is 12.4. The molecule has 0 spiro atoms. The number of fused-ring (bicyclic) bond motifs is 1. The van der Waals surface area contributed by atoms with Gasteiger partial charge in [0.2, 0.25) is 4.96 Å². The largest absolute Gasteiger partial charge is 0.462 e. The van der Waals surface area contributed by atoms with Crippen LogP contribution in [0, 0.1) is 6.92 Å². The summed E-state index contributed by atoms with van der Waals surface area (Å²) in [6.07, 6.45) is 1.71. The first-order valence-corrected chi connectivity index (χ1v) is 8.03. The van der Waals surface area contributed by atoms with Gasteiger partial charge in [-0.3, -0.25) is 4.79 Å². The molecular formula is C16H10ClN3O2S. The molecule has 4 rings (SSSR count). The van der Waals surface area contributed by atoms with Gasteiger partial charge in [0.1, 0.15) is 16.1 Å². The summed E-state index contributed by atoms with van der Waals surface area (Å²) in [7, 11) is 0. The number of furan rings is 1. The van der Waals surface area contributed by atoms with Crippen molar-refractivity contribution in [2.45, 2.75) is 6.92 Å². The van der Waals surface area contributed by atoms with Crippen LogP contribution in [-0.4, -0.2) is 14.6 Å². The second-order valence-corrected chi connectivity index (χ2v) is 6.45. The molecule has 4 aromatic rings. The fourth-order valence-electron chi connectivity index (χ4n) is 2.22. The van der Waals surface area contributed by atoms with Crippen LogP contribution in [0.2, 0.25) is 5.02 Å². The summed E-state index contributed by atoms with van der Waals surface area (Å²) in [5, 5.41) is 4.93. The molecule has 0 unspecified atom stereocenters. The van der Waals surface area contributed by atoms with Crippen LogP contribution in [0.25, 0.3) is 22.4 Å². The molecule has 0 aliphatic heterocycles. The van der Waals surface area contributed by atoms with Gasteiger partial charge in [-0.15, -0.1) is 5.10 Å². The average molecular weight is 344 g/mol. The fraction of sp³-hybridized carbons (Fsp3) is 0.0625. The van der Waals surface area contributed by atoms with Gasteiger partial charge in [-0.2, -0.15) is 9.50 Å². The minimum atomic E-state index is -0.202. The van der Waals surface area contributed by atoms with E-state index < -0.39 is 0 Å². The maximum Gasteiger partial charge on any atom is 0.291 e. The lowest BCUT2D eigenvalue weighted by atomic mass is 10.2. The van der Waals surface area contributed by atoms with Gasteiger partial charge in [-0.1, -0.05) is 22.9 Å². The minimum Gasteiger partial charge on any atom is -0.462 e. The molecule has 1 aromatic carbocycles. The Morgan fingerprint density at radius 1 is 1.22 bits per heavy atom.